The summed E-state index contributed by atoms with van der Waals surface area (Å²) in [7, 11) is 1.73. The molecule has 0 radical (unpaired) electrons. The van der Waals surface area contributed by atoms with E-state index in [0.717, 1.165) is 38.1 Å². The minimum Gasteiger partial charge on any atom is -0.384 e. The Morgan fingerprint density at radius 2 is 2.16 bits per heavy atom. The van der Waals surface area contributed by atoms with E-state index in [1.165, 1.54) is 12.1 Å². The van der Waals surface area contributed by atoms with Crippen LogP contribution in [0.2, 0.25) is 0 Å². The first-order valence-corrected chi connectivity index (χ1v) is 6.62. The van der Waals surface area contributed by atoms with Crippen molar-refractivity contribution in [3.05, 3.63) is 35.1 Å². The second-order valence-corrected chi connectivity index (χ2v) is 5.09. The number of hydrogen-bond acceptors (Lipinski definition) is 3. The molecule has 0 unspecified atom stereocenters. The van der Waals surface area contributed by atoms with Crippen LogP contribution in [0.1, 0.15) is 24.0 Å². The predicted molar refractivity (Wildman–Crippen MR) is 71.0 cm³/mol. The van der Waals surface area contributed by atoms with Crippen molar-refractivity contribution in [2.24, 2.45) is 5.92 Å². The van der Waals surface area contributed by atoms with Gasteiger partial charge >= 0.3 is 0 Å². The van der Waals surface area contributed by atoms with Gasteiger partial charge in [0.15, 0.2) is 0 Å². The average molecular weight is 262 g/mol. The summed E-state index contributed by atoms with van der Waals surface area (Å²) in [6.07, 6.45) is 2.20. The van der Waals surface area contributed by atoms with Crippen LogP contribution in [0.4, 0.5) is 4.39 Å². The van der Waals surface area contributed by atoms with E-state index in [4.69, 9.17) is 10.00 Å². The highest BCUT2D eigenvalue weighted by molar-refractivity contribution is 5.37. The topological polar surface area (TPSA) is 36.3 Å². The molecule has 4 heteroatoms. The molecule has 19 heavy (non-hydrogen) atoms. The monoisotopic (exact) mass is 262 g/mol. The van der Waals surface area contributed by atoms with Crippen LogP contribution in [0.15, 0.2) is 18.2 Å². The summed E-state index contributed by atoms with van der Waals surface area (Å²) in [5.41, 5.74) is 1.35. The Hall–Kier alpha value is -1.44. The van der Waals surface area contributed by atoms with Gasteiger partial charge in [0.2, 0.25) is 0 Å². The Kier molecular flexibility index (Phi) is 4.89. The molecule has 1 aromatic rings. The van der Waals surface area contributed by atoms with Crippen molar-refractivity contribution in [2.45, 2.75) is 19.4 Å². The highest BCUT2D eigenvalue weighted by Gasteiger charge is 2.19. The summed E-state index contributed by atoms with van der Waals surface area (Å²) in [6.45, 7) is 3.43. The number of benzene rings is 1. The molecule has 0 aliphatic carbocycles. The number of nitrogens with zero attached hydrogens (tertiary/aromatic N) is 2. The van der Waals surface area contributed by atoms with Crippen LogP contribution in [0.3, 0.4) is 0 Å². The maximum atomic E-state index is 13.3. The fourth-order valence-corrected chi connectivity index (χ4v) is 2.59. The molecule has 1 saturated heterocycles. The summed E-state index contributed by atoms with van der Waals surface area (Å²) < 4.78 is 18.4. The van der Waals surface area contributed by atoms with Gasteiger partial charge < -0.3 is 4.74 Å². The molecule has 2 rings (SSSR count). The quantitative estimate of drug-likeness (QED) is 0.836. The molecule has 0 N–H and O–H groups in total. The van der Waals surface area contributed by atoms with Crippen LogP contribution < -0.4 is 0 Å². The van der Waals surface area contributed by atoms with Crippen LogP contribution in [0, 0.1) is 23.1 Å². The van der Waals surface area contributed by atoms with Crippen LogP contribution >= 0.6 is 0 Å². The molecule has 0 atom stereocenters. The number of rotatable bonds is 4. The van der Waals surface area contributed by atoms with Crippen molar-refractivity contribution < 1.29 is 9.13 Å². The first-order chi connectivity index (χ1) is 9.22. The van der Waals surface area contributed by atoms with E-state index >= 15 is 0 Å². The molecule has 3 nitrogen and oxygen atoms in total. The van der Waals surface area contributed by atoms with Gasteiger partial charge in [0.1, 0.15) is 5.82 Å². The molecule has 0 bridgehead atoms. The number of hydrogen-bond donors (Lipinski definition) is 0. The van der Waals surface area contributed by atoms with Gasteiger partial charge in [-0.1, -0.05) is 0 Å². The molecule has 0 aromatic heterocycles. The van der Waals surface area contributed by atoms with E-state index in [9.17, 15) is 4.39 Å². The zero-order chi connectivity index (χ0) is 13.7. The van der Waals surface area contributed by atoms with Crippen molar-refractivity contribution in [3.8, 4) is 6.07 Å². The second-order valence-electron chi connectivity index (χ2n) is 5.09. The first kappa shape index (κ1) is 14.0. The summed E-state index contributed by atoms with van der Waals surface area (Å²) in [4.78, 5) is 2.28. The van der Waals surface area contributed by atoms with Crippen LogP contribution in [-0.2, 0) is 11.3 Å². The molecule has 1 aromatic carbocycles. The van der Waals surface area contributed by atoms with Crippen LogP contribution in [-0.4, -0.2) is 31.7 Å². The van der Waals surface area contributed by atoms with Gasteiger partial charge in [-0.3, -0.25) is 4.90 Å². The molecular weight excluding hydrogens is 243 g/mol. The lowest BCUT2D eigenvalue weighted by Gasteiger charge is -2.31. The maximum absolute atomic E-state index is 13.3. The lowest BCUT2D eigenvalue weighted by atomic mass is 9.97. The van der Waals surface area contributed by atoms with Gasteiger partial charge in [0.05, 0.1) is 11.6 Å². The highest BCUT2D eigenvalue weighted by Crippen LogP contribution is 2.20. The summed E-state index contributed by atoms with van der Waals surface area (Å²) >= 11 is 0. The highest BCUT2D eigenvalue weighted by atomic mass is 19.1. The maximum Gasteiger partial charge on any atom is 0.123 e. The largest absolute Gasteiger partial charge is 0.384 e. The summed E-state index contributed by atoms with van der Waals surface area (Å²) in [6, 6.07) is 6.50. The number of nitriles is 1. The van der Waals surface area contributed by atoms with Gasteiger partial charge in [0, 0.05) is 20.3 Å². The van der Waals surface area contributed by atoms with Gasteiger partial charge in [-0.15, -0.1) is 0 Å². The molecular formula is C15H19FN2O. The lowest BCUT2D eigenvalue weighted by molar-refractivity contribution is 0.0967. The summed E-state index contributed by atoms with van der Waals surface area (Å²) in [5.74, 6) is 0.354. The standard InChI is InChI=1S/C15H19FN2O/c1-19-11-12-4-6-18(7-5-12)10-14-8-15(16)3-2-13(14)9-17/h2-3,8,12H,4-7,10-11H2,1H3. The van der Waals surface area contributed by atoms with Crippen molar-refractivity contribution >= 4 is 0 Å². The fraction of sp³-hybridized carbons (Fsp3) is 0.533. The first-order valence-electron chi connectivity index (χ1n) is 6.62. The van der Waals surface area contributed by atoms with E-state index in [-0.39, 0.29) is 5.82 Å². The van der Waals surface area contributed by atoms with Gasteiger partial charge in [-0.05, 0) is 55.6 Å². The van der Waals surface area contributed by atoms with E-state index in [1.54, 1.807) is 13.2 Å². The smallest absolute Gasteiger partial charge is 0.123 e. The Morgan fingerprint density at radius 1 is 1.42 bits per heavy atom. The number of piperidine rings is 1. The molecule has 1 aliphatic rings. The molecule has 1 fully saturated rings. The zero-order valence-corrected chi connectivity index (χ0v) is 11.2. The van der Waals surface area contributed by atoms with E-state index in [2.05, 4.69) is 11.0 Å². The van der Waals surface area contributed by atoms with Gasteiger partial charge in [0.25, 0.3) is 0 Å². The van der Waals surface area contributed by atoms with Crippen molar-refractivity contribution in [3.63, 3.8) is 0 Å². The normalized spacial score (nSPS) is 17.3. The van der Waals surface area contributed by atoms with E-state index < -0.39 is 0 Å². The zero-order valence-electron chi connectivity index (χ0n) is 11.2. The summed E-state index contributed by atoms with van der Waals surface area (Å²) in [5, 5.41) is 9.04. The molecule has 102 valence electrons. The third-order valence-electron chi connectivity index (χ3n) is 3.69. The molecule has 1 heterocycles. The van der Waals surface area contributed by atoms with Gasteiger partial charge in [-0.25, -0.2) is 4.39 Å². The minimum absolute atomic E-state index is 0.275. The SMILES string of the molecule is COCC1CCN(Cc2cc(F)ccc2C#N)CC1. The van der Waals surface area contributed by atoms with E-state index in [1.807, 2.05) is 0 Å². The average Bonchev–Trinajstić information content (AvgIpc) is 2.42. The third kappa shape index (κ3) is 3.76. The second kappa shape index (κ2) is 6.65. The van der Waals surface area contributed by atoms with E-state index in [0.29, 0.717) is 18.0 Å². The number of halogens is 1. The van der Waals surface area contributed by atoms with Gasteiger partial charge in [-0.2, -0.15) is 5.26 Å². The lowest BCUT2D eigenvalue weighted by Crippen LogP contribution is -2.34. The predicted octanol–water partition coefficient (Wildman–Crippen LogP) is 2.56. The van der Waals surface area contributed by atoms with Crippen molar-refractivity contribution in [1.29, 1.82) is 5.26 Å². The third-order valence-corrected chi connectivity index (χ3v) is 3.69. The van der Waals surface area contributed by atoms with Crippen molar-refractivity contribution in [1.82, 2.24) is 4.90 Å². The Balaban J connectivity index is 1.96. The van der Waals surface area contributed by atoms with Crippen LogP contribution in [0.5, 0.6) is 0 Å². The number of likely N-dealkylation sites (tertiary alicyclic amines) is 1. The molecule has 1 aliphatic heterocycles. The van der Waals surface area contributed by atoms with Crippen LogP contribution in [0.25, 0.3) is 0 Å². The Labute approximate surface area is 113 Å². The Morgan fingerprint density at radius 3 is 2.79 bits per heavy atom. The fourth-order valence-electron chi connectivity index (χ4n) is 2.59. The molecule has 0 amide bonds. The number of ether oxygens (including phenoxy) is 1. The number of methoxy groups -OCH3 is 1. The van der Waals surface area contributed by atoms with Crippen molar-refractivity contribution in [2.75, 3.05) is 26.8 Å². The molecule has 0 spiro atoms. The molecule has 0 saturated carbocycles. The Bertz CT molecular complexity index is 462. The minimum atomic E-state index is -0.275.